The number of rotatable bonds is 2. The fraction of sp³-hybridized carbons (Fsp3) is 0.0909. The minimum Gasteiger partial charge on any atom is -0.384 e. The lowest BCUT2D eigenvalue weighted by atomic mass is 10.3. The molecular weight excluding hydrogens is 300 g/mol. The van der Waals surface area contributed by atoms with E-state index in [4.69, 9.17) is 17.3 Å². The summed E-state index contributed by atoms with van der Waals surface area (Å²) in [5, 5.41) is 2.52. The first kappa shape index (κ1) is 14.3. The third-order valence-corrected chi connectivity index (χ3v) is 2.51. The molecule has 20 heavy (non-hydrogen) atoms. The Bertz CT molecular complexity index is 645. The Morgan fingerprint density at radius 3 is 2.45 bits per heavy atom. The van der Waals surface area contributed by atoms with E-state index in [9.17, 15) is 17.6 Å². The van der Waals surface area contributed by atoms with Crippen molar-refractivity contribution in [3.63, 3.8) is 0 Å². The van der Waals surface area contributed by atoms with Crippen molar-refractivity contribution in [3.8, 4) is 0 Å². The van der Waals surface area contributed by atoms with Crippen LogP contribution in [0.15, 0.2) is 24.3 Å². The Kier molecular flexibility index (Phi) is 3.67. The van der Waals surface area contributed by atoms with Crippen LogP contribution in [0.2, 0.25) is 5.02 Å². The van der Waals surface area contributed by atoms with Gasteiger partial charge in [-0.15, -0.1) is 0 Å². The number of nitrogens with one attached hydrogen (secondary N) is 1. The Morgan fingerprint density at radius 2 is 1.85 bits per heavy atom. The molecule has 3 N–H and O–H groups in total. The molecule has 0 unspecified atom stereocenters. The molecule has 9 heteroatoms. The molecule has 2 aromatic rings. The van der Waals surface area contributed by atoms with Crippen molar-refractivity contribution in [1.82, 2.24) is 9.97 Å². The highest BCUT2D eigenvalue weighted by molar-refractivity contribution is 6.33. The van der Waals surface area contributed by atoms with Crippen LogP contribution >= 0.6 is 11.6 Å². The zero-order chi connectivity index (χ0) is 14.9. The van der Waals surface area contributed by atoms with Gasteiger partial charge in [0.15, 0.2) is 0 Å². The van der Waals surface area contributed by atoms with Gasteiger partial charge in [0.05, 0.1) is 10.7 Å². The monoisotopic (exact) mass is 306 g/mol. The fourth-order valence-corrected chi connectivity index (χ4v) is 1.60. The maximum Gasteiger partial charge on any atom is 0.451 e. The van der Waals surface area contributed by atoms with Gasteiger partial charge in [-0.2, -0.15) is 13.2 Å². The molecule has 0 radical (unpaired) electrons. The minimum atomic E-state index is -4.72. The van der Waals surface area contributed by atoms with Gasteiger partial charge in [-0.1, -0.05) is 11.6 Å². The normalized spacial score (nSPS) is 11.4. The number of nitrogens with zero attached hydrogens (tertiary/aromatic N) is 2. The molecule has 2 rings (SSSR count). The molecule has 1 aromatic heterocycles. The van der Waals surface area contributed by atoms with Gasteiger partial charge in [-0.05, 0) is 18.2 Å². The van der Waals surface area contributed by atoms with Crippen LogP contribution in [0.1, 0.15) is 5.82 Å². The largest absolute Gasteiger partial charge is 0.451 e. The summed E-state index contributed by atoms with van der Waals surface area (Å²) in [5.41, 5.74) is 5.48. The van der Waals surface area contributed by atoms with E-state index in [1.54, 1.807) is 0 Å². The summed E-state index contributed by atoms with van der Waals surface area (Å²) in [7, 11) is 0. The Morgan fingerprint density at radius 1 is 1.15 bits per heavy atom. The van der Waals surface area contributed by atoms with Gasteiger partial charge in [0.1, 0.15) is 17.5 Å². The third-order valence-electron chi connectivity index (χ3n) is 2.19. The van der Waals surface area contributed by atoms with E-state index in [2.05, 4.69) is 15.3 Å². The van der Waals surface area contributed by atoms with Crippen molar-refractivity contribution < 1.29 is 17.6 Å². The quantitative estimate of drug-likeness (QED) is 0.832. The molecule has 0 atom stereocenters. The van der Waals surface area contributed by atoms with E-state index in [0.717, 1.165) is 18.2 Å². The number of anilines is 3. The van der Waals surface area contributed by atoms with Crippen molar-refractivity contribution in [2.75, 3.05) is 11.1 Å². The average molecular weight is 307 g/mol. The van der Waals surface area contributed by atoms with E-state index in [1.807, 2.05) is 0 Å². The highest BCUT2D eigenvalue weighted by Crippen LogP contribution is 2.30. The average Bonchev–Trinajstić information content (AvgIpc) is 2.31. The number of nitrogen functional groups attached to an aromatic ring is 1. The van der Waals surface area contributed by atoms with Gasteiger partial charge in [-0.3, -0.25) is 0 Å². The second-order valence-electron chi connectivity index (χ2n) is 3.75. The first-order valence-corrected chi connectivity index (χ1v) is 5.57. The molecule has 0 bridgehead atoms. The SMILES string of the molecule is Nc1cc(Nc2ccc(F)cc2Cl)nc(C(F)(F)F)n1. The summed E-state index contributed by atoms with van der Waals surface area (Å²) in [6, 6.07) is 4.49. The van der Waals surface area contributed by atoms with E-state index in [0.29, 0.717) is 0 Å². The first-order valence-electron chi connectivity index (χ1n) is 5.19. The number of hydrogen-bond donors (Lipinski definition) is 2. The predicted molar refractivity (Wildman–Crippen MR) is 66.1 cm³/mol. The number of nitrogens with two attached hydrogens (primary N) is 1. The summed E-state index contributed by atoms with van der Waals surface area (Å²) in [4.78, 5) is 6.38. The molecule has 0 fully saturated rings. The number of aromatic nitrogens is 2. The molecule has 0 spiro atoms. The second-order valence-corrected chi connectivity index (χ2v) is 4.16. The van der Waals surface area contributed by atoms with Crippen LogP contribution in [0, 0.1) is 5.82 Å². The third kappa shape index (κ3) is 3.27. The van der Waals surface area contributed by atoms with Gasteiger partial charge in [0.25, 0.3) is 0 Å². The lowest BCUT2D eigenvalue weighted by molar-refractivity contribution is -0.144. The van der Waals surface area contributed by atoms with Crippen LogP contribution in [0.3, 0.4) is 0 Å². The highest BCUT2D eigenvalue weighted by Gasteiger charge is 2.35. The zero-order valence-electron chi connectivity index (χ0n) is 9.67. The van der Waals surface area contributed by atoms with Crippen molar-refractivity contribution in [2.24, 2.45) is 0 Å². The van der Waals surface area contributed by atoms with Crippen LogP contribution in [-0.4, -0.2) is 9.97 Å². The highest BCUT2D eigenvalue weighted by atomic mass is 35.5. The Balaban J connectivity index is 2.36. The molecule has 0 aliphatic heterocycles. The van der Waals surface area contributed by atoms with Crippen molar-refractivity contribution in [3.05, 3.63) is 40.9 Å². The molecule has 0 aliphatic carbocycles. The van der Waals surface area contributed by atoms with Crippen LogP contribution in [0.5, 0.6) is 0 Å². The molecule has 0 saturated carbocycles. The van der Waals surface area contributed by atoms with Gasteiger partial charge in [0, 0.05) is 6.07 Å². The summed E-state index contributed by atoms with van der Waals surface area (Å²) in [6.45, 7) is 0. The number of hydrogen-bond acceptors (Lipinski definition) is 4. The van der Waals surface area contributed by atoms with Crippen molar-refractivity contribution in [2.45, 2.75) is 6.18 Å². The van der Waals surface area contributed by atoms with Crippen LogP contribution in [0.25, 0.3) is 0 Å². The topological polar surface area (TPSA) is 63.8 Å². The molecule has 106 valence electrons. The van der Waals surface area contributed by atoms with Crippen molar-refractivity contribution >= 4 is 28.9 Å². The molecule has 0 saturated heterocycles. The lowest BCUT2D eigenvalue weighted by Gasteiger charge is -2.11. The smallest absolute Gasteiger partial charge is 0.384 e. The lowest BCUT2D eigenvalue weighted by Crippen LogP contribution is -2.13. The predicted octanol–water partition coefficient (Wildman–Crippen LogP) is 3.61. The fourth-order valence-electron chi connectivity index (χ4n) is 1.39. The summed E-state index contributed by atoms with van der Waals surface area (Å²) >= 11 is 5.75. The molecular formula is C11H7ClF4N4. The van der Waals surface area contributed by atoms with E-state index in [-0.39, 0.29) is 22.3 Å². The summed E-state index contributed by atoms with van der Waals surface area (Å²) in [5.74, 6) is -2.50. The summed E-state index contributed by atoms with van der Waals surface area (Å²) in [6.07, 6.45) is -4.72. The molecule has 4 nitrogen and oxygen atoms in total. The van der Waals surface area contributed by atoms with Gasteiger partial charge < -0.3 is 11.1 Å². The summed E-state index contributed by atoms with van der Waals surface area (Å²) < 4.78 is 50.5. The van der Waals surface area contributed by atoms with Crippen LogP contribution in [0.4, 0.5) is 34.9 Å². The standard InChI is InChI=1S/C11H7ClF4N4/c12-6-3-5(13)1-2-7(6)18-9-4-8(17)19-10(20-9)11(14,15)16/h1-4H,(H3,17,18,19,20). The number of benzene rings is 1. The molecule has 0 aliphatic rings. The molecule has 0 amide bonds. The molecule has 1 heterocycles. The maximum atomic E-state index is 12.9. The zero-order valence-corrected chi connectivity index (χ0v) is 10.4. The molecule has 1 aromatic carbocycles. The first-order chi connectivity index (χ1) is 9.25. The van der Waals surface area contributed by atoms with Gasteiger partial charge >= 0.3 is 6.18 Å². The number of halogens is 5. The number of alkyl halides is 3. The van der Waals surface area contributed by atoms with E-state index in [1.165, 1.54) is 6.07 Å². The second kappa shape index (κ2) is 5.12. The maximum absolute atomic E-state index is 12.9. The van der Waals surface area contributed by atoms with Crippen molar-refractivity contribution in [1.29, 1.82) is 0 Å². The Labute approximate surface area is 115 Å². The van der Waals surface area contributed by atoms with Gasteiger partial charge in [-0.25, -0.2) is 14.4 Å². The van der Waals surface area contributed by atoms with Crippen LogP contribution < -0.4 is 11.1 Å². The Hall–Kier alpha value is -2.09. The van der Waals surface area contributed by atoms with Crippen LogP contribution in [-0.2, 0) is 6.18 Å². The van der Waals surface area contributed by atoms with E-state index < -0.39 is 17.8 Å². The minimum absolute atomic E-state index is 0.00394. The van der Waals surface area contributed by atoms with E-state index >= 15 is 0 Å². The van der Waals surface area contributed by atoms with Gasteiger partial charge in [0.2, 0.25) is 5.82 Å².